The average molecular weight is 572 g/mol. The Hall–Kier alpha value is -2.99. The summed E-state index contributed by atoms with van der Waals surface area (Å²) in [4.78, 5) is 25.8. The van der Waals surface area contributed by atoms with Crippen LogP contribution in [0.4, 0.5) is 30.8 Å². The molecule has 2 heterocycles. The number of benzene rings is 1. The number of rotatable bonds is 7. The predicted octanol–water partition coefficient (Wildman–Crippen LogP) is 6.35. The molecule has 5 rings (SSSR count). The van der Waals surface area contributed by atoms with Crippen LogP contribution in [0.1, 0.15) is 57.9 Å². The van der Waals surface area contributed by atoms with Crippen molar-refractivity contribution in [1.82, 2.24) is 19.5 Å². The molecule has 204 valence electrons. The molecular weight excluding hydrogens is 546 g/mol. The normalized spacial score (nSPS) is 22.2. The summed E-state index contributed by atoms with van der Waals surface area (Å²) in [5.74, 6) is -0.0468. The highest BCUT2D eigenvalue weighted by molar-refractivity contribution is 6.39. The number of nitrogens with one attached hydrogen (secondary N) is 2. The average Bonchev–Trinajstić information content (AvgIpc) is 3.15. The maximum absolute atomic E-state index is 12.7. The van der Waals surface area contributed by atoms with Gasteiger partial charge in [-0.15, -0.1) is 13.2 Å². The number of ether oxygens (including phenoxy) is 1. The third-order valence-electron chi connectivity index (χ3n) is 7.38. The lowest BCUT2D eigenvalue weighted by atomic mass is 9.73. The van der Waals surface area contributed by atoms with E-state index in [1.165, 1.54) is 0 Å². The van der Waals surface area contributed by atoms with Gasteiger partial charge in [-0.1, -0.05) is 30.1 Å². The van der Waals surface area contributed by atoms with Crippen LogP contribution in [0.3, 0.4) is 0 Å². The molecule has 9 nitrogen and oxygen atoms in total. The number of amides is 1. The Morgan fingerprint density at radius 3 is 2.37 bits per heavy atom. The summed E-state index contributed by atoms with van der Waals surface area (Å²) in [5, 5.41) is 6.25. The highest BCUT2D eigenvalue weighted by Crippen LogP contribution is 2.44. The first-order chi connectivity index (χ1) is 17.9. The number of carbonyl (C=O) groups excluding carboxylic acids is 1. The summed E-state index contributed by atoms with van der Waals surface area (Å²) in [6.45, 7) is 1.86. The zero-order valence-corrected chi connectivity index (χ0v) is 21.9. The minimum Gasteiger partial charge on any atom is -0.406 e. The number of anilines is 3. The summed E-state index contributed by atoms with van der Waals surface area (Å²) in [6.07, 6.45) is 2.40. The smallest absolute Gasteiger partial charge is 0.406 e. The monoisotopic (exact) mass is 571 g/mol. The molecule has 4 N–H and O–H groups in total. The second-order valence-corrected chi connectivity index (χ2v) is 10.9. The Kier molecular flexibility index (Phi) is 6.97. The van der Waals surface area contributed by atoms with E-state index in [0.29, 0.717) is 54.8 Å². The second kappa shape index (κ2) is 9.96. The molecule has 2 fully saturated rings. The van der Waals surface area contributed by atoms with Crippen LogP contribution in [0.15, 0.2) is 18.3 Å². The number of alkyl halides is 3. The number of hydrogen-bond donors (Lipinski definition) is 3. The maximum atomic E-state index is 12.7. The maximum Gasteiger partial charge on any atom is 0.573 e. The number of nitrogens with zero attached hydrogens (tertiary/aromatic N) is 4. The van der Waals surface area contributed by atoms with Gasteiger partial charge in [0.1, 0.15) is 11.3 Å². The number of aromatic nitrogens is 4. The van der Waals surface area contributed by atoms with Gasteiger partial charge in [0.25, 0.3) is 0 Å². The molecule has 2 aliphatic rings. The van der Waals surface area contributed by atoms with Gasteiger partial charge in [0, 0.05) is 29.6 Å². The molecule has 1 amide bonds. The fourth-order valence-electron chi connectivity index (χ4n) is 4.85. The van der Waals surface area contributed by atoms with Crippen molar-refractivity contribution in [3.05, 3.63) is 28.4 Å². The molecule has 2 aromatic heterocycles. The molecule has 3 aromatic rings. The van der Waals surface area contributed by atoms with Gasteiger partial charge in [0.2, 0.25) is 17.8 Å². The van der Waals surface area contributed by atoms with Crippen LogP contribution in [-0.2, 0) is 4.79 Å². The Labute approximate surface area is 226 Å². The third kappa shape index (κ3) is 5.42. The Morgan fingerprint density at radius 1 is 1.16 bits per heavy atom. The summed E-state index contributed by atoms with van der Waals surface area (Å²) in [7, 11) is 0. The molecule has 38 heavy (non-hydrogen) atoms. The lowest BCUT2D eigenvalue weighted by Gasteiger charge is -2.35. The molecule has 1 aromatic carbocycles. The van der Waals surface area contributed by atoms with Crippen molar-refractivity contribution >= 4 is 57.9 Å². The van der Waals surface area contributed by atoms with E-state index in [2.05, 4.69) is 25.3 Å². The van der Waals surface area contributed by atoms with Gasteiger partial charge in [-0.2, -0.15) is 4.98 Å². The lowest BCUT2D eigenvalue weighted by Crippen LogP contribution is -2.38. The lowest BCUT2D eigenvalue weighted by molar-refractivity contribution is -0.274. The summed E-state index contributed by atoms with van der Waals surface area (Å²) < 4.78 is 43.9. The number of fused-ring (bicyclic) bond motifs is 1. The number of hydrogen-bond acceptors (Lipinski definition) is 7. The molecule has 0 unspecified atom stereocenters. The van der Waals surface area contributed by atoms with Crippen LogP contribution in [0.25, 0.3) is 11.2 Å². The number of primary amides is 1. The van der Waals surface area contributed by atoms with Gasteiger partial charge in [-0.05, 0) is 44.9 Å². The summed E-state index contributed by atoms with van der Waals surface area (Å²) in [5.41, 5.74) is 6.29. The van der Waals surface area contributed by atoms with Crippen LogP contribution < -0.4 is 21.1 Å². The van der Waals surface area contributed by atoms with Gasteiger partial charge >= 0.3 is 6.36 Å². The molecule has 0 spiro atoms. The van der Waals surface area contributed by atoms with Crippen LogP contribution in [0.5, 0.6) is 5.75 Å². The first kappa shape index (κ1) is 26.6. The minimum atomic E-state index is -4.89. The third-order valence-corrected chi connectivity index (χ3v) is 7.97. The van der Waals surface area contributed by atoms with E-state index in [1.807, 2.05) is 11.5 Å². The first-order valence-electron chi connectivity index (χ1n) is 12.2. The van der Waals surface area contributed by atoms with Gasteiger partial charge in [0.05, 0.1) is 21.9 Å². The van der Waals surface area contributed by atoms with Crippen molar-refractivity contribution in [1.29, 1.82) is 0 Å². The van der Waals surface area contributed by atoms with Crippen LogP contribution in [-0.4, -0.2) is 37.8 Å². The molecule has 0 radical (unpaired) electrons. The van der Waals surface area contributed by atoms with Crippen LogP contribution in [0, 0.1) is 5.41 Å². The molecule has 0 aliphatic heterocycles. The zero-order valence-electron chi connectivity index (χ0n) is 20.4. The first-order valence-corrected chi connectivity index (χ1v) is 13.0. The van der Waals surface area contributed by atoms with Crippen molar-refractivity contribution in [3.63, 3.8) is 0 Å². The standard InChI is InChI=1S/C24H26Cl2F3N7O2/c1-23(20(30)37)7-5-13(6-8-23)36-19-17(11-31-21(35-19)32-12-3-2-4-12)33-22(36)34-18-15(25)9-14(10-16(18)26)38-24(27,28)29/h9-13H,2-8H2,1H3,(H2,30,37)(H,33,34)(H,31,32,35)/t13-,23-. The Morgan fingerprint density at radius 2 is 1.82 bits per heavy atom. The van der Waals surface area contributed by atoms with Gasteiger partial charge in [-0.3, -0.25) is 9.36 Å². The molecule has 0 bridgehead atoms. The van der Waals surface area contributed by atoms with E-state index in [0.717, 1.165) is 31.4 Å². The minimum absolute atomic E-state index is 0.0845. The van der Waals surface area contributed by atoms with E-state index in [9.17, 15) is 18.0 Å². The van der Waals surface area contributed by atoms with Crippen LogP contribution in [0.2, 0.25) is 10.0 Å². The van der Waals surface area contributed by atoms with Crippen molar-refractivity contribution in [2.45, 2.75) is 70.3 Å². The molecule has 2 saturated carbocycles. The highest BCUT2D eigenvalue weighted by atomic mass is 35.5. The van der Waals surface area contributed by atoms with Crippen molar-refractivity contribution in [2.24, 2.45) is 11.1 Å². The number of nitrogens with two attached hydrogens (primary N) is 1. The Bertz CT molecular complexity index is 1350. The van der Waals surface area contributed by atoms with Crippen molar-refractivity contribution in [3.8, 4) is 5.75 Å². The fourth-order valence-corrected chi connectivity index (χ4v) is 5.41. The van der Waals surface area contributed by atoms with Crippen molar-refractivity contribution in [2.75, 3.05) is 10.6 Å². The van der Waals surface area contributed by atoms with Crippen molar-refractivity contribution < 1.29 is 22.7 Å². The fraction of sp³-hybridized carbons (Fsp3) is 0.500. The SMILES string of the molecule is C[C@]1(C(N)=O)CC[C@H](n2c(Nc3c(Cl)cc(OC(F)(F)F)cc3Cl)nc3cnc(NC4CCC4)nc32)CC1. The summed E-state index contributed by atoms with van der Waals surface area (Å²) >= 11 is 12.6. The highest BCUT2D eigenvalue weighted by Gasteiger charge is 2.38. The topological polar surface area (TPSA) is 120 Å². The van der Waals surface area contributed by atoms with E-state index < -0.39 is 17.5 Å². The van der Waals surface area contributed by atoms with Crippen LogP contribution >= 0.6 is 23.2 Å². The zero-order chi connectivity index (χ0) is 27.2. The van der Waals surface area contributed by atoms with E-state index in [-0.39, 0.29) is 27.7 Å². The molecule has 2 aliphatic carbocycles. The van der Waals surface area contributed by atoms with E-state index in [4.69, 9.17) is 33.9 Å². The van der Waals surface area contributed by atoms with E-state index in [1.54, 1.807) is 6.20 Å². The number of carbonyl (C=O) groups is 1. The molecule has 14 heteroatoms. The summed E-state index contributed by atoms with van der Waals surface area (Å²) in [6, 6.07) is 2.28. The largest absolute Gasteiger partial charge is 0.573 e. The number of halogens is 5. The number of imidazole rings is 1. The Balaban J connectivity index is 1.52. The van der Waals surface area contributed by atoms with Gasteiger partial charge in [-0.25, -0.2) is 9.97 Å². The second-order valence-electron chi connectivity index (χ2n) is 10.1. The van der Waals surface area contributed by atoms with Gasteiger partial charge < -0.3 is 21.1 Å². The molecule has 0 atom stereocenters. The van der Waals surface area contributed by atoms with E-state index >= 15 is 0 Å². The molecular formula is C24H26Cl2F3N7O2. The molecule has 0 saturated heterocycles. The van der Waals surface area contributed by atoms with Gasteiger partial charge in [0.15, 0.2) is 5.65 Å². The quantitative estimate of drug-likeness (QED) is 0.302. The predicted molar refractivity (Wildman–Crippen MR) is 138 cm³/mol.